The minimum absolute atomic E-state index is 0.0496. The second-order valence-corrected chi connectivity index (χ2v) is 9.00. The Kier molecular flexibility index (Phi) is 5.05. The summed E-state index contributed by atoms with van der Waals surface area (Å²) in [6.45, 7) is 0.479. The Hall–Kier alpha value is -0.240. The summed E-state index contributed by atoms with van der Waals surface area (Å²) < 4.78 is 28.1. The lowest BCUT2D eigenvalue weighted by atomic mass is 10.1. The lowest BCUT2D eigenvalue weighted by Gasteiger charge is -2.26. The molecule has 0 amide bonds. The Labute approximate surface area is 133 Å². The Balaban J connectivity index is 2.13. The second-order valence-electron chi connectivity index (χ2n) is 5.10. The van der Waals surface area contributed by atoms with Crippen molar-refractivity contribution in [3.8, 4) is 0 Å². The van der Waals surface area contributed by atoms with Crippen molar-refractivity contribution in [3.63, 3.8) is 0 Å². The molecule has 7 heteroatoms. The molecule has 1 aliphatic rings. The van der Waals surface area contributed by atoms with Crippen molar-refractivity contribution in [2.75, 3.05) is 18.5 Å². The van der Waals surface area contributed by atoms with Crippen LogP contribution in [0.3, 0.4) is 0 Å². The monoisotopic (exact) mass is 378 g/mol. The Morgan fingerprint density at radius 1 is 1.40 bits per heavy atom. The molecule has 0 spiro atoms. The van der Waals surface area contributed by atoms with E-state index in [1.807, 2.05) is 0 Å². The van der Waals surface area contributed by atoms with Crippen LogP contribution in [0, 0.1) is 0 Å². The zero-order valence-electron chi connectivity index (χ0n) is 11.4. The maximum Gasteiger partial charge on any atom is 0.240 e. The van der Waals surface area contributed by atoms with Gasteiger partial charge in [-0.3, -0.25) is 0 Å². The predicted molar refractivity (Wildman–Crippen MR) is 88.5 cm³/mol. The molecule has 0 heterocycles. The number of anilines is 1. The molecule has 0 radical (unpaired) electrons. The summed E-state index contributed by atoms with van der Waals surface area (Å²) in [6.07, 6.45) is 6.54. The normalized spacial score (nSPS) is 18.3. The average Bonchev–Trinajstić information content (AvgIpc) is 2.89. The lowest BCUT2D eigenvalue weighted by molar-refractivity contribution is 0.551. The number of halogens is 1. The molecule has 0 saturated heterocycles. The number of benzene rings is 1. The van der Waals surface area contributed by atoms with Gasteiger partial charge in [-0.1, -0.05) is 12.8 Å². The van der Waals surface area contributed by atoms with E-state index in [9.17, 15) is 8.42 Å². The van der Waals surface area contributed by atoms with Crippen molar-refractivity contribution in [1.29, 1.82) is 0 Å². The summed E-state index contributed by atoms with van der Waals surface area (Å²) >= 11 is 5.03. The highest BCUT2D eigenvalue weighted by Gasteiger charge is 2.34. The van der Waals surface area contributed by atoms with E-state index in [1.54, 1.807) is 23.9 Å². The van der Waals surface area contributed by atoms with Crippen LogP contribution in [0.4, 0.5) is 5.69 Å². The number of nitrogen functional groups attached to an aromatic ring is 1. The second kappa shape index (κ2) is 6.25. The molecule has 20 heavy (non-hydrogen) atoms. The number of rotatable bonds is 5. The van der Waals surface area contributed by atoms with Gasteiger partial charge in [-0.2, -0.15) is 11.8 Å². The summed E-state index contributed by atoms with van der Waals surface area (Å²) in [5.74, 6) is 0. The van der Waals surface area contributed by atoms with E-state index in [2.05, 4.69) is 26.9 Å². The first-order valence-corrected chi connectivity index (χ1v) is 9.98. The van der Waals surface area contributed by atoms with Crippen molar-refractivity contribution < 1.29 is 8.42 Å². The van der Waals surface area contributed by atoms with Crippen LogP contribution in [0.5, 0.6) is 0 Å². The van der Waals surface area contributed by atoms with E-state index in [4.69, 9.17) is 5.73 Å². The maximum absolute atomic E-state index is 12.3. The molecule has 0 aliphatic heterocycles. The first kappa shape index (κ1) is 16.1. The van der Waals surface area contributed by atoms with E-state index < -0.39 is 10.0 Å². The predicted octanol–water partition coefficient (Wildman–Crippen LogP) is 2.99. The van der Waals surface area contributed by atoms with Gasteiger partial charge in [0.25, 0.3) is 0 Å². The third-order valence-corrected chi connectivity index (χ3v) is 7.35. The maximum atomic E-state index is 12.3. The van der Waals surface area contributed by atoms with Crippen LogP contribution < -0.4 is 10.5 Å². The molecule has 2 rings (SSSR count). The summed E-state index contributed by atoms with van der Waals surface area (Å²) in [4.78, 5) is 0.215. The summed E-state index contributed by atoms with van der Waals surface area (Å²) in [7, 11) is -3.50. The fourth-order valence-corrected chi connectivity index (χ4v) is 4.88. The standard InChI is InChI=1S/C13H19BrN2O2S2/c1-19-13(6-2-3-7-13)9-16-20(17,18)10-4-5-11(14)12(15)8-10/h4-5,8,16H,2-3,6-7,9,15H2,1H3. The van der Waals surface area contributed by atoms with E-state index in [0.29, 0.717) is 16.7 Å². The van der Waals surface area contributed by atoms with E-state index in [-0.39, 0.29) is 9.64 Å². The molecule has 112 valence electrons. The van der Waals surface area contributed by atoms with Gasteiger partial charge in [0, 0.05) is 21.5 Å². The van der Waals surface area contributed by atoms with Gasteiger partial charge in [-0.15, -0.1) is 0 Å². The molecule has 0 aromatic heterocycles. The van der Waals surface area contributed by atoms with Crippen molar-refractivity contribution in [3.05, 3.63) is 22.7 Å². The average molecular weight is 379 g/mol. The Bertz CT molecular complexity index is 584. The van der Waals surface area contributed by atoms with Crippen molar-refractivity contribution in [2.45, 2.75) is 35.3 Å². The van der Waals surface area contributed by atoms with E-state index >= 15 is 0 Å². The minimum Gasteiger partial charge on any atom is -0.398 e. The molecule has 3 N–H and O–H groups in total. The zero-order chi connectivity index (χ0) is 14.8. The molecule has 1 saturated carbocycles. The highest BCUT2D eigenvalue weighted by molar-refractivity contribution is 9.10. The van der Waals surface area contributed by atoms with Crippen LogP contribution in [0.1, 0.15) is 25.7 Å². The molecule has 0 bridgehead atoms. The van der Waals surface area contributed by atoms with Crippen molar-refractivity contribution in [1.82, 2.24) is 4.72 Å². The summed E-state index contributed by atoms with van der Waals surface area (Å²) in [5, 5.41) is 0. The topological polar surface area (TPSA) is 72.2 Å². The first-order chi connectivity index (χ1) is 9.38. The van der Waals surface area contributed by atoms with Crippen molar-refractivity contribution in [2.24, 2.45) is 0 Å². The van der Waals surface area contributed by atoms with Crippen LogP contribution in [-0.4, -0.2) is 26.0 Å². The molecule has 0 atom stereocenters. The third kappa shape index (κ3) is 3.50. The van der Waals surface area contributed by atoms with E-state index in [1.165, 1.54) is 18.9 Å². The molecule has 1 aromatic rings. The van der Waals surface area contributed by atoms with E-state index in [0.717, 1.165) is 12.8 Å². The molecule has 0 unspecified atom stereocenters. The molecular formula is C13H19BrN2O2S2. The zero-order valence-corrected chi connectivity index (χ0v) is 14.6. The van der Waals surface area contributed by atoms with Gasteiger partial charge in [-0.05, 0) is 53.2 Å². The van der Waals surface area contributed by atoms with Gasteiger partial charge in [0.2, 0.25) is 10.0 Å². The van der Waals surface area contributed by atoms with Gasteiger partial charge in [0.05, 0.1) is 4.90 Å². The van der Waals surface area contributed by atoms with Crippen LogP contribution in [0.15, 0.2) is 27.6 Å². The summed E-state index contributed by atoms with van der Waals surface area (Å²) in [6, 6.07) is 4.69. The lowest BCUT2D eigenvalue weighted by Crippen LogP contribution is -2.38. The smallest absolute Gasteiger partial charge is 0.240 e. The largest absolute Gasteiger partial charge is 0.398 e. The number of nitrogens with one attached hydrogen (secondary N) is 1. The fourth-order valence-electron chi connectivity index (χ4n) is 2.47. The molecule has 4 nitrogen and oxygen atoms in total. The quantitative estimate of drug-likeness (QED) is 0.772. The van der Waals surface area contributed by atoms with Gasteiger partial charge >= 0.3 is 0 Å². The first-order valence-electron chi connectivity index (χ1n) is 6.48. The molecular weight excluding hydrogens is 360 g/mol. The van der Waals surface area contributed by atoms with Crippen LogP contribution in [0.25, 0.3) is 0 Å². The number of nitrogens with two attached hydrogens (primary N) is 1. The highest BCUT2D eigenvalue weighted by atomic mass is 79.9. The third-order valence-electron chi connectivity index (χ3n) is 3.81. The fraction of sp³-hybridized carbons (Fsp3) is 0.538. The molecule has 1 aromatic carbocycles. The Morgan fingerprint density at radius 3 is 2.60 bits per heavy atom. The molecule has 1 aliphatic carbocycles. The molecule has 1 fully saturated rings. The number of sulfonamides is 1. The van der Waals surface area contributed by atoms with Gasteiger partial charge in [0.15, 0.2) is 0 Å². The van der Waals surface area contributed by atoms with Gasteiger partial charge in [0.1, 0.15) is 0 Å². The van der Waals surface area contributed by atoms with Crippen LogP contribution in [-0.2, 0) is 10.0 Å². The van der Waals surface area contributed by atoms with Gasteiger partial charge in [-0.25, -0.2) is 13.1 Å². The van der Waals surface area contributed by atoms with Gasteiger partial charge < -0.3 is 5.73 Å². The number of thioether (sulfide) groups is 1. The summed E-state index contributed by atoms with van der Waals surface area (Å²) in [5.41, 5.74) is 6.17. The highest BCUT2D eigenvalue weighted by Crippen LogP contribution is 2.39. The van der Waals surface area contributed by atoms with Crippen molar-refractivity contribution >= 4 is 43.4 Å². The Morgan fingerprint density at radius 2 is 2.05 bits per heavy atom. The van der Waals surface area contributed by atoms with Crippen LogP contribution >= 0.6 is 27.7 Å². The SMILES string of the molecule is CSC1(CNS(=O)(=O)c2ccc(Br)c(N)c2)CCCC1. The number of hydrogen-bond donors (Lipinski definition) is 2. The number of hydrogen-bond acceptors (Lipinski definition) is 4. The minimum atomic E-state index is -3.50. The van der Waals surface area contributed by atoms with Crippen LogP contribution in [0.2, 0.25) is 0 Å².